The van der Waals surface area contributed by atoms with Crippen LogP contribution in [0.3, 0.4) is 0 Å². The largest absolute Gasteiger partial charge is 0.378 e. The predicted octanol–water partition coefficient (Wildman–Crippen LogP) is 3.81. The Morgan fingerprint density at radius 2 is 1.78 bits per heavy atom. The van der Waals surface area contributed by atoms with Crippen LogP contribution in [-0.2, 0) is 6.42 Å². The van der Waals surface area contributed by atoms with Crippen LogP contribution in [-0.4, -0.2) is 0 Å². The van der Waals surface area contributed by atoms with E-state index >= 15 is 0 Å². The highest BCUT2D eigenvalue weighted by Gasteiger charge is 2.23. The van der Waals surface area contributed by atoms with Crippen LogP contribution >= 0.6 is 0 Å². The van der Waals surface area contributed by atoms with Gasteiger partial charge in [0.25, 0.3) is 0 Å². The molecule has 1 nitrogen and oxygen atoms in total. The van der Waals surface area contributed by atoms with Crippen molar-refractivity contribution in [2.45, 2.75) is 12.5 Å². The van der Waals surface area contributed by atoms with Crippen molar-refractivity contribution in [2.75, 3.05) is 5.32 Å². The quantitative estimate of drug-likeness (QED) is 0.810. The monoisotopic (exact) mass is 249 g/mol. The molecule has 0 bridgehead atoms. The Balaban J connectivity index is 1.91. The summed E-state index contributed by atoms with van der Waals surface area (Å²) in [5, 5.41) is 3.11. The lowest BCUT2D eigenvalue weighted by atomic mass is 10.0. The highest BCUT2D eigenvalue weighted by Crippen LogP contribution is 2.34. The van der Waals surface area contributed by atoms with E-state index in [9.17, 15) is 13.2 Å². The zero-order valence-electron chi connectivity index (χ0n) is 9.38. The normalized spacial score (nSPS) is 17.4. The maximum absolute atomic E-state index is 13.2. The van der Waals surface area contributed by atoms with Gasteiger partial charge in [0.2, 0.25) is 0 Å². The first-order chi connectivity index (χ1) is 8.63. The summed E-state index contributed by atoms with van der Waals surface area (Å²) in [4.78, 5) is 0. The second kappa shape index (κ2) is 4.05. The number of hydrogen-bond donors (Lipinski definition) is 1. The summed E-state index contributed by atoms with van der Waals surface area (Å²) in [5.41, 5.74) is 2.35. The SMILES string of the molecule is Fc1ccc2c(c1)NC(c1ccc(F)c(F)c1)C2. The summed E-state index contributed by atoms with van der Waals surface area (Å²) in [7, 11) is 0. The molecule has 1 heterocycles. The van der Waals surface area contributed by atoms with Crippen molar-refractivity contribution >= 4 is 5.69 Å². The van der Waals surface area contributed by atoms with Crippen molar-refractivity contribution in [3.8, 4) is 0 Å². The van der Waals surface area contributed by atoms with Crippen molar-refractivity contribution in [1.82, 2.24) is 0 Å². The summed E-state index contributed by atoms with van der Waals surface area (Å²) in [6, 6.07) is 8.20. The van der Waals surface area contributed by atoms with Crippen molar-refractivity contribution in [3.05, 3.63) is 65.0 Å². The molecule has 0 saturated heterocycles. The summed E-state index contributed by atoms with van der Waals surface area (Å²) in [6.45, 7) is 0. The summed E-state index contributed by atoms with van der Waals surface area (Å²) in [6.07, 6.45) is 0.640. The van der Waals surface area contributed by atoms with E-state index in [0.29, 0.717) is 17.7 Å². The van der Waals surface area contributed by atoms with Gasteiger partial charge in [0.1, 0.15) is 5.82 Å². The van der Waals surface area contributed by atoms with E-state index in [1.807, 2.05) is 0 Å². The fourth-order valence-corrected chi connectivity index (χ4v) is 2.25. The van der Waals surface area contributed by atoms with Gasteiger partial charge in [-0.15, -0.1) is 0 Å². The molecule has 92 valence electrons. The molecule has 3 rings (SSSR count). The van der Waals surface area contributed by atoms with Gasteiger partial charge in [0, 0.05) is 5.69 Å². The van der Waals surface area contributed by atoms with Gasteiger partial charge >= 0.3 is 0 Å². The van der Waals surface area contributed by atoms with E-state index in [4.69, 9.17) is 0 Å². The Morgan fingerprint density at radius 3 is 2.56 bits per heavy atom. The lowest BCUT2D eigenvalue weighted by Crippen LogP contribution is -2.06. The lowest BCUT2D eigenvalue weighted by molar-refractivity contribution is 0.506. The molecular formula is C14H10F3N. The van der Waals surface area contributed by atoms with Crippen molar-refractivity contribution in [2.24, 2.45) is 0 Å². The van der Waals surface area contributed by atoms with Gasteiger partial charge in [-0.1, -0.05) is 12.1 Å². The number of halogens is 3. The third-order valence-electron chi connectivity index (χ3n) is 3.17. The Kier molecular flexibility index (Phi) is 2.51. The molecule has 1 aliphatic rings. The van der Waals surface area contributed by atoms with Crippen molar-refractivity contribution < 1.29 is 13.2 Å². The van der Waals surface area contributed by atoms with E-state index in [-0.39, 0.29) is 11.9 Å². The molecule has 0 amide bonds. The average Bonchev–Trinajstić information content (AvgIpc) is 2.75. The minimum atomic E-state index is -0.864. The van der Waals surface area contributed by atoms with Gasteiger partial charge in [-0.25, -0.2) is 13.2 Å². The van der Waals surface area contributed by atoms with Crippen LogP contribution in [0, 0.1) is 17.5 Å². The van der Waals surface area contributed by atoms with Crippen LogP contribution in [0.5, 0.6) is 0 Å². The van der Waals surface area contributed by atoms with Gasteiger partial charge < -0.3 is 5.32 Å². The van der Waals surface area contributed by atoms with Gasteiger partial charge in [0.15, 0.2) is 11.6 Å². The molecule has 0 spiro atoms. The third kappa shape index (κ3) is 1.83. The molecule has 0 aromatic heterocycles. The molecule has 0 fully saturated rings. The minimum Gasteiger partial charge on any atom is -0.378 e. The standard InChI is InChI=1S/C14H10F3N/c15-10-3-1-9-6-13(18-14(9)7-10)8-2-4-11(16)12(17)5-8/h1-5,7,13,18H,6H2. The van der Waals surface area contributed by atoms with Gasteiger partial charge in [-0.05, 0) is 41.8 Å². The topological polar surface area (TPSA) is 12.0 Å². The second-order valence-corrected chi connectivity index (χ2v) is 4.38. The van der Waals surface area contributed by atoms with E-state index in [1.54, 1.807) is 6.07 Å². The molecule has 2 aromatic carbocycles. The third-order valence-corrected chi connectivity index (χ3v) is 3.17. The first-order valence-corrected chi connectivity index (χ1v) is 5.63. The minimum absolute atomic E-state index is 0.142. The molecule has 0 saturated carbocycles. The lowest BCUT2D eigenvalue weighted by Gasteiger charge is -2.11. The maximum Gasteiger partial charge on any atom is 0.159 e. The van der Waals surface area contributed by atoms with Gasteiger partial charge in [0.05, 0.1) is 6.04 Å². The summed E-state index contributed by atoms with van der Waals surface area (Å²) >= 11 is 0. The summed E-state index contributed by atoms with van der Waals surface area (Å²) < 4.78 is 39.1. The second-order valence-electron chi connectivity index (χ2n) is 4.38. The Morgan fingerprint density at radius 1 is 0.944 bits per heavy atom. The number of fused-ring (bicyclic) bond motifs is 1. The number of benzene rings is 2. The number of rotatable bonds is 1. The van der Waals surface area contributed by atoms with E-state index in [0.717, 1.165) is 11.6 Å². The molecule has 2 aromatic rings. The molecule has 0 radical (unpaired) electrons. The van der Waals surface area contributed by atoms with E-state index < -0.39 is 11.6 Å². The zero-order chi connectivity index (χ0) is 12.7. The summed E-state index contributed by atoms with van der Waals surface area (Å²) in [5.74, 6) is -2.04. The molecule has 1 unspecified atom stereocenters. The molecule has 1 aliphatic heterocycles. The van der Waals surface area contributed by atoms with Crippen LogP contribution in [0.1, 0.15) is 17.2 Å². The van der Waals surface area contributed by atoms with Crippen LogP contribution in [0.25, 0.3) is 0 Å². The first-order valence-electron chi connectivity index (χ1n) is 5.63. The zero-order valence-corrected chi connectivity index (χ0v) is 9.38. The first kappa shape index (κ1) is 11.1. The maximum atomic E-state index is 13.2. The van der Waals surface area contributed by atoms with Crippen molar-refractivity contribution in [3.63, 3.8) is 0 Å². The molecule has 18 heavy (non-hydrogen) atoms. The van der Waals surface area contributed by atoms with Gasteiger partial charge in [-0.2, -0.15) is 0 Å². The smallest absolute Gasteiger partial charge is 0.159 e. The number of nitrogens with one attached hydrogen (secondary N) is 1. The molecule has 0 aliphatic carbocycles. The predicted molar refractivity (Wildman–Crippen MR) is 62.8 cm³/mol. The Labute approximate surface area is 102 Å². The highest BCUT2D eigenvalue weighted by molar-refractivity contribution is 5.58. The van der Waals surface area contributed by atoms with Crippen LogP contribution in [0.4, 0.5) is 18.9 Å². The molecule has 4 heteroatoms. The fourth-order valence-electron chi connectivity index (χ4n) is 2.25. The van der Waals surface area contributed by atoms with Crippen LogP contribution < -0.4 is 5.32 Å². The number of hydrogen-bond acceptors (Lipinski definition) is 1. The van der Waals surface area contributed by atoms with Crippen LogP contribution in [0.15, 0.2) is 36.4 Å². The van der Waals surface area contributed by atoms with Crippen LogP contribution in [0.2, 0.25) is 0 Å². The Bertz CT molecular complexity index is 610. The average molecular weight is 249 g/mol. The molecular weight excluding hydrogens is 239 g/mol. The van der Waals surface area contributed by atoms with Gasteiger partial charge in [-0.3, -0.25) is 0 Å². The fraction of sp³-hybridized carbons (Fsp3) is 0.143. The molecule has 1 N–H and O–H groups in total. The van der Waals surface area contributed by atoms with E-state index in [1.165, 1.54) is 24.3 Å². The van der Waals surface area contributed by atoms with Crippen molar-refractivity contribution in [1.29, 1.82) is 0 Å². The van der Waals surface area contributed by atoms with E-state index in [2.05, 4.69) is 5.32 Å². The Hall–Kier alpha value is -1.97. The highest BCUT2D eigenvalue weighted by atomic mass is 19.2. The number of anilines is 1. The molecule has 1 atom stereocenters.